The van der Waals surface area contributed by atoms with Gasteiger partial charge in [-0.15, -0.1) is 0 Å². The molecule has 1 aliphatic carbocycles. The van der Waals surface area contributed by atoms with Gasteiger partial charge in [0.1, 0.15) is 5.75 Å². The Kier molecular flexibility index (Phi) is 3.95. The van der Waals surface area contributed by atoms with Gasteiger partial charge in [-0.2, -0.15) is 0 Å². The van der Waals surface area contributed by atoms with E-state index < -0.39 is 0 Å². The Hall–Kier alpha value is -1.19. The quantitative estimate of drug-likeness (QED) is 0.788. The molecule has 1 fully saturated rings. The van der Waals surface area contributed by atoms with Gasteiger partial charge in [0.15, 0.2) is 0 Å². The van der Waals surface area contributed by atoms with Gasteiger partial charge in [-0.1, -0.05) is 18.6 Å². The second kappa shape index (κ2) is 5.85. The molecule has 0 aliphatic heterocycles. The third kappa shape index (κ3) is 3.04. The number of hydrogen-bond acceptors (Lipinski definition) is 3. The maximum absolute atomic E-state index is 9.06. The van der Waals surface area contributed by atoms with Crippen molar-refractivity contribution in [1.29, 1.82) is 0 Å². The van der Waals surface area contributed by atoms with Crippen LogP contribution in [0.4, 0.5) is 0 Å². The molecule has 19 heavy (non-hydrogen) atoms. The molecule has 1 aliphatic rings. The van der Waals surface area contributed by atoms with E-state index in [1.807, 2.05) is 24.3 Å². The van der Waals surface area contributed by atoms with E-state index in [1.54, 1.807) is 0 Å². The van der Waals surface area contributed by atoms with E-state index in [4.69, 9.17) is 9.29 Å². The topological polar surface area (TPSA) is 29.5 Å². The summed E-state index contributed by atoms with van der Waals surface area (Å²) in [5.41, 5.74) is 0. The van der Waals surface area contributed by atoms with Crippen LogP contribution in [0.1, 0.15) is 32.1 Å². The molecule has 0 bridgehead atoms. The number of ether oxygens (including phenoxy) is 1. The molecule has 0 amide bonds. The van der Waals surface area contributed by atoms with Crippen molar-refractivity contribution in [3.8, 4) is 5.75 Å². The Balaban J connectivity index is 1.80. The summed E-state index contributed by atoms with van der Waals surface area (Å²) < 4.78 is 15.1. The van der Waals surface area contributed by atoms with Crippen molar-refractivity contribution in [3.05, 3.63) is 36.4 Å². The molecule has 100 valence electrons. The molecule has 2 nitrogen and oxygen atoms in total. The molecule has 2 aromatic rings. The monoisotopic (exact) mass is 274 g/mol. The highest BCUT2D eigenvalue weighted by molar-refractivity contribution is 7.93. The fraction of sp³-hybridized carbons (Fsp3) is 0.375. The van der Waals surface area contributed by atoms with E-state index in [0.717, 1.165) is 33.5 Å². The zero-order chi connectivity index (χ0) is 13.1. The van der Waals surface area contributed by atoms with Gasteiger partial charge < -0.3 is 9.29 Å². The van der Waals surface area contributed by atoms with Gasteiger partial charge in [0.25, 0.3) is 0 Å². The van der Waals surface area contributed by atoms with Crippen LogP contribution in [0, 0.1) is 0 Å². The summed E-state index contributed by atoms with van der Waals surface area (Å²) in [6.45, 7) is 0. The third-order valence-corrected chi connectivity index (χ3v) is 4.21. The van der Waals surface area contributed by atoms with Gasteiger partial charge in [-0.05, 0) is 60.7 Å². The summed E-state index contributed by atoms with van der Waals surface area (Å²) in [5, 5.41) is 2.29. The van der Waals surface area contributed by atoms with Crippen molar-refractivity contribution >= 4 is 22.8 Å². The number of fused-ring (bicyclic) bond motifs is 1. The van der Waals surface area contributed by atoms with E-state index in [2.05, 4.69) is 12.1 Å². The van der Waals surface area contributed by atoms with Crippen LogP contribution in [0.3, 0.4) is 0 Å². The molecule has 0 spiro atoms. The molecule has 2 aromatic carbocycles. The molecule has 0 saturated heterocycles. The molecule has 1 N–H and O–H groups in total. The molecule has 0 unspecified atom stereocenters. The summed E-state index contributed by atoms with van der Waals surface area (Å²) in [4.78, 5) is 0.869. The normalized spacial score (nSPS) is 16.7. The highest BCUT2D eigenvalue weighted by Gasteiger charge is 2.14. The van der Waals surface area contributed by atoms with Gasteiger partial charge in [0.05, 0.1) is 6.10 Å². The average Bonchev–Trinajstić information content (AvgIpc) is 2.48. The minimum atomic E-state index is 0.387. The van der Waals surface area contributed by atoms with Crippen LogP contribution in [0.2, 0.25) is 0 Å². The van der Waals surface area contributed by atoms with Gasteiger partial charge in [-0.25, -0.2) is 0 Å². The number of benzene rings is 2. The Morgan fingerprint density at radius 3 is 2.47 bits per heavy atom. The number of hydrogen-bond donors (Lipinski definition) is 1. The van der Waals surface area contributed by atoms with Crippen molar-refractivity contribution in [1.82, 2.24) is 0 Å². The first-order valence-corrected chi connectivity index (χ1v) is 7.64. The van der Waals surface area contributed by atoms with E-state index in [0.29, 0.717) is 6.10 Å². The van der Waals surface area contributed by atoms with Gasteiger partial charge in [0.2, 0.25) is 0 Å². The van der Waals surface area contributed by atoms with E-state index in [-0.39, 0.29) is 0 Å². The van der Waals surface area contributed by atoms with Crippen LogP contribution in [-0.2, 0) is 0 Å². The van der Waals surface area contributed by atoms with E-state index in [9.17, 15) is 0 Å². The largest absolute Gasteiger partial charge is 0.490 e. The second-order valence-corrected chi connectivity index (χ2v) is 5.79. The summed E-state index contributed by atoms with van der Waals surface area (Å²) >= 11 is 0.785. The highest BCUT2D eigenvalue weighted by atomic mass is 32.2. The lowest BCUT2D eigenvalue weighted by Gasteiger charge is -2.23. The van der Waals surface area contributed by atoms with Gasteiger partial charge in [0, 0.05) is 16.9 Å². The fourth-order valence-corrected chi connectivity index (χ4v) is 3.02. The summed E-state index contributed by atoms with van der Waals surface area (Å²) in [6.07, 6.45) is 6.67. The zero-order valence-corrected chi connectivity index (χ0v) is 11.7. The number of rotatable bonds is 3. The standard InChI is InChI=1S/C16H18O2S/c17-19-16-9-7-12-10-15(8-6-13(12)11-16)18-14-4-2-1-3-5-14/h6-11,14,17H,1-5H2. The maximum atomic E-state index is 9.06. The molecule has 0 radical (unpaired) electrons. The van der Waals surface area contributed by atoms with Crippen molar-refractivity contribution in [3.63, 3.8) is 0 Å². The first kappa shape index (κ1) is 12.8. The maximum Gasteiger partial charge on any atom is 0.120 e. The van der Waals surface area contributed by atoms with E-state index in [1.165, 1.54) is 32.1 Å². The molecule has 0 atom stereocenters. The smallest absolute Gasteiger partial charge is 0.120 e. The van der Waals surface area contributed by atoms with Crippen molar-refractivity contribution in [2.75, 3.05) is 0 Å². The molecular formula is C16H18O2S. The van der Waals surface area contributed by atoms with Crippen molar-refractivity contribution in [2.45, 2.75) is 43.1 Å². The second-order valence-electron chi connectivity index (χ2n) is 5.14. The Bertz CT molecular complexity index is 562. The lowest BCUT2D eigenvalue weighted by molar-refractivity contribution is 0.155. The molecule has 3 rings (SSSR count). The van der Waals surface area contributed by atoms with Crippen molar-refractivity contribution in [2.24, 2.45) is 0 Å². The van der Waals surface area contributed by atoms with Gasteiger partial charge in [-0.3, -0.25) is 0 Å². The molecule has 1 saturated carbocycles. The van der Waals surface area contributed by atoms with Crippen molar-refractivity contribution < 1.29 is 9.29 Å². The summed E-state index contributed by atoms with van der Waals surface area (Å²) in [6, 6.07) is 12.1. The highest BCUT2D eigenvalue weighted by Crippen LogP contribution is 2.28. The molecule has 3 heteroatoms. The summed E-state index contributed by atoms with van der Waals surface area (Å²) in [7, 11) is 0. The SMILES string of the molecule is OSc1ccc2cc(OC3CCCCC3)ccc2c1. The third-order valence-electron chi connectivity index (χ3n) is 3.74. The van der Waals surface area contributed by atoms with Crippen LogP contribution in [-0.4, -0.2) is 10.7 Å². The minimum Gasteiger partial charge on any atom is -0.490 e. The predicted octanol–water partition coefficient (Wildman–Crippen LogP) is 5.12. The van der Waals surface area contributed by atoms with Crippen LogP contribution >= 0.6 is 12.0 Å². The first-order chi connectivity index (χ1) is 9.35. The van der Waals surface area contributed by atoms with E-state index >= 15 is 0 Å². The van der Waals surface area contributed by atoms with Crippen LogP contribution < -0.4 is 4.74 Å². The first-order valence-electron chi connectivity index (χ1n) is 6.87. The van der Waals surface area contributed by atoms with Gasteiger partial charge >= 0.3 is 0 Å². The Morgan fingerprint density at radius 2 is 1.68 bits per heavy atom. The predicted molar refractivity (Wildman–Crippen MR) is 79.9 cm³/mol. The molecular weight excluding hydrogens is 256 g/mol. The van der Waals surface area contributed by atoms with Crippen LogP contribution in [0.25, 0.3) is 10.8 Å². The molecule has 0 heterocycles. The molecule has 0 aromatic heterocycles. The lowest BCUT2D eigenvalue weighted by Crippen LogP contribution is -2.19. The zero-order valence-electron chi connectivity index (χ0n) is 10.8. The van der Waals surface area contributed by atoms with Crippen LogP contribution in [0.5, 0.6) is 5.75 Å². The average molecular weight is 274 g/mol. The minimum absolute atomic E-state index is 0.387. The Labute approximate surface area is 118 Å². The van der Waals surface area contributed by atoms with Crippen LogP contribution in [0.15, 0.2) is 41.3 Å². The Morgan fingerprint density at radius 1 is 0.947 bits per heavy atom. The summed E-state index contributed by atoms with van der Waals surface area (Å²) in [5.74, 6) is 0.962. The fourth-order valence-electron chi connectivity index (χ4n) is 2.71. The lowest BCUT2D eigenvalue weighted by atomic mass is 9.98.